The Morgan fingerprint density at radius 1 is 1.38 bits per heavy atom. The van der Waals surface area contributed by atoms with Crippen molar-refractivity contribution in [1.82, 2.24) is 20.1 Å². The van der Waals surface area contributed by atoms with Crippen molar-refractivity contribution in [3.05, 3.63) is 42.2 Å². The van der Waals surface area contributed by atoms with Gasteiger partial charge in [-0.1, -0.05) is 18.7 Å². The van der Waals surface area contributed by atoms with Crippen molar-refractivity contribution in [2.24, 2.45) is 5.92 Å². The van der Waals surface area contributed by atoms with Gasteiger partial charge in [0, 0.05) is 24.3 Å². The molecule has 1 aromatic heterocycles. The van der Waals surface area contributed by atoms with E-state index >= 15 is 0 Å². The minimum Gasteiger partial charge on any atom is -0.338 e. The Morgan fingerprint density at radius 3 is 2.88 bits per heavy atom. The standard InChI is InChI=1S/C19H23N5O2/c1-4-17(25)24-9-5-6-15(11-24)19(26)21-16-10-14(8-7-12(16)2)18-20-13(3)22-23-18/h4,7-8,10,15H,1,5-6,9,11H2,2-3H3,(H,21,26)(H,20,22,23). The van der Waals surface area contributed by atoms with E-state index in [4.69, 9.17) is 0 Å². The number of H-pyrrole nitrogens is 1. The molecule has 2 heterocycles. The monoisotopic (exact) mass is 353 g/mol. The van der Waals surface area contributed by atoms with E-state index in [1.54, 1.807) is 4.90 Å². The van der Waals surface area contributed by atoms with Crippen molar-refractivity contribution in [1.29, 1.82) is 0 Å². The maximum atomic E-state index is 12.7. The van der Waals surface area contributed by atoms with E-state index in [0.29, 0.717) is 18.9 Å². The number of piperidine rings is 1. The molecular formula is C19H23N5O2. The number of rotatable bonds is 4. The van der Waals surface area contributed by atoms with Gasteiger partial charge in [-0.2, -0.15) is 5.10 Å². The number of benzene rings is 1. The SMILES string of the molecule is C=CC(=O)N1CCCC(C(=O)Nc2cc(-c3n[nH]c(C)n3)ccc2C)C1. The molecule has 26 heavy (non-hydrogen) atoms. The Morgan fingerprint density at radius 2 is 2.19 bits per heavy atom. The average Bonchev–Trinajstić information content (AvgIpc) is 3.09. The van der Waals surface area contributed by atoms with Crippen molar-refractivity contribution in [2.75, 3.05) is 18.4 Å². The third-order valence-electron chi connectivity index (χ3n) is 4.63. The molecule has 1 fully saturated rings. The van der Waals surface area contributed by atoms with Crippen LogP contribution < -0.4 is 5.32 Å². The fourth-order valence-corrected chi connectivity index (χ4v) is 3.12. The second-order valence-electron chi connectivity index (χ2n) is 6.59. The largest absolute Gasteiger partial charge is 0.338 e. The van der Waals surface area contributed by atoms with Crippen LogP contribution in [0.15, 0.2) is 30.9 Å². The molecule has 7 heteroatoms. The summed E-state index contributed by atoms with van der Waals surface area (Å²) in [4.78, 5) is 30.5. The number of anilines is 1. The quantitative estimate of drug-likeness (QED) is 0.826. The summed E-state index contributed by atoms with van der Waals surface area (Å²) in [6.45, 7) is 8.40. The van der Waals surface area contributed by atoms with Crippen LogP contribution in [0.25, 0.3) is 11.4 Å². The van der Waals surface area contributed by atoms with Crippen molar-refractivity contribution >= 4 is 17.5 Å². The molecule has 0 spiro atoms. The first-order chi connectivity index (χ1) is 12.5. The Labute approximate surface area is 152 Å². The molecule has 1 aliphatic heterocycles. The molecule has 1 unspecified atom stereocenters. The molecule has 136 valence electrons. The van der Waals surface area contributed by atoms with E-state index in [-0.39, 0.29) is 17.7 Å². The summed E-state index contributed by atoms with van der Waals surface area (Å²) < 4.78 is 0. The maximum Gasteiger partial charge on any atom is 0.245 e. The van der Waals surface area contributed by atoms with Crippen LogP contribution in [0.2, 0.25) is 0 Å². The summed E-state index contributed by atoms with van der Waals surface area (Å²) >= 11 is 0. The molecule has 2 amide bonds. The van der Waals surface area contributed by atoms with Crippen molar-refractivity contribution in [3.63, 3.8) is 0 Å². The van der Waals surface area contributed by atoms with Gasteiger partial charge in [0.25, 0.3) is 0 Å². The normalized spacial score (nSPS) is 17.0. The molecule has 0 radical (unpaired) electrons. The van der Waals surface area contributed by atoms with Crippen molar-refractivity contribution < 1.29 is 9.59 Å². The highest BCUT2D eigenvalue weighted by atomic mass is 16.2. The lowest BCUT2D eigenvalue weighted by molar-refractivity contribution is -0.130. The van der Waals surface area contributed by atoms with Crippen LogP contribution in [-0.2, 0) is 9.59 Å². The minimum atomic E-state index is -0.221. The number of hydrogen-bond donors (Lipinski definition) is 2. The van der Waals surface area contributed by atoms with Crippen LogP contribution in [0, 0.1) is 19.8 Å². The van der Waals surface area contributed by atoms with Gasteiger partial charge in [-0.25, -0.2) is 4.98 Å². The first kappa shape index (κ1) is 17.8. The first-order valence-corrected chi connectivity index (χ1v) is 8.70. The number of nitrogens with one attached hydrogen (secondary N) is 2. The highest BCUT2D eigenvalue weighted by Crippen LogP contribution is 2.25. The number of hydrogen-bond acceptors (Lipinski definition) is 4. The van der Waals surface area contributed by atoms with Crippen LogP contribution in [0.4, 0.5) is 5.69 Å². The smallest absolute Gasteiger partial charge is 0.245 e. The van der Waals surface area contributed by atoms with E-state index in [9.17, 15) is 9.59 Å². The topological polar surface area (TPSA) is 91.0 Å². The Hall–Kier alpha value is -2.96. The molecule has 2 aromatic rings. The fraction of sp³-hybridized carbons (Fsp3) is 0.368. The number of aromatic nitrogens is 3. The predicted molar refractivity (Wildman–Crippen MR) is 99.4 cm³/mol. The summed E-state index contributed by atoms with van der Waals surface area (Å²) in [6.07, 6.45) is 2.88. The van der Waals surface area contributed by atoms with Gasteiger partial charge in [-0.15, -0.1) is 0 Å². The van der Waals surface area contributed by atoms with E-state index in [0.717, 1.165) is 35.5 Å². The van der Waals surface area contributed by atoms with Crippen LogP contribution in [0.3, 0.4) is 0 Å². The summed E-state index contributed by atoms with van der Waals surface area (Å²) in [5.41, 5.74) is 2.54. The summed E-state index contributed by atoms with van der Waals surface area (Å²) in [7, 11) is 0. The molecule has 1 aromatic carbocycles. The number of likely N-dealkylation sites (tertiary alicyclic amines) is 1. The van der Waals surface area contributed by atoms with Crippen LogP contribution in [0.1, 0.15) is 24.2 Å². The van der Waals surface area contributed by atoms with E-state index in [1.165, 1.54) is 6.08 Å². The zero-order chi connectivity index (χ0) is 18.7. The van der Waals surface area contributed by atoms with Gasteiger partial charge in [-0.05, 0) is 44.4 Å². The Balaban J connectivity index is 1.74. The molecule has 3 rings (SSSR count). The number of amides is 2. The molecule has 7 nitrogen and oxygen atoms in total. The Bertz CT molecular complexity index is 842. The zero-order valence-corrected chi connectivity index (χ0v) is 15.1. The van der Waals surface area contributed by atoms with Crippen LogP contribution in [-0.4, -0.2) is 45.0 Å². The van der Waals surface area contributed by atoms with E-state index in [1.807, 2.05) is 32.0 Å². The van der Waals surface area contributed by atoms with Gasteiger partial charge in [-0.3, -0.25) is 14.7 Å². The third kappa shape index (κ3) is 3.82. The first-order valence-electron chi connectivity index (χ1n) is 8.70. The molecule has 1 atom stereocenters. The summed E-state index contributed by atoms with van der Waals surface area (Å²) in [6, 6.07) is 5.75. The number of carbonyl (C=O) groups excluding carboxylic acids is 2. The van der Waals surface area contributed by atoms with E-state index < -0.39 is 0 Å². The lowest BCUT2D eigenvalue weighted by atomic mass is 9.96. The van der Waals surface area contributed by atoms with Crippen molar-refractivity contribution in [2.45, 2.75) is 26.7 Å². The fourth-order valence-electron chi connectivity index (χ4n) is 3.12. The van der Waals surface area contributed by atoms with Gasteiger partial charge in [0.05, 0.1) is 5.92 Å². The number of nitrogens with zero attached hydrogens (tertiary/aromatic N) is 3. The highest BCUT2D eigenvalue weighted by molar-refractivity contribution is 5.95. The molecule has 0 bridgehead atoms. The van der Waals surface area contributed by atoms with Gasteiger partial charge in [0.15, 0.2) is 5.82 Å². The molecular weight excluding hydrogens is 330 g/mol. The predicted octanol–water partition coefficient (Wildman–Crippen LogP) is 2.45. The van der Waals surface area contributed by atoms with Gasteiger partial charge >= 0.3 is 0 Å². The second-order valence-corrected chi connectivity index (χ2v) is 6.59. The van der Waals surface area contributed by atoms with Crippen LogP contribution >= 0.6 is 0 Å². The molecule has 0 aliphatic carbocycles. The average molecular weight is 353 g/mol. The molecule has 0 saturated carbocycles. The lowest BCUT2D eigenvalue weighted by Crippen LogP contribution is -2.43. The molecule has 1 aliphatic rings. The Kier molecular flexibility index (Phi) is 5.16. The second kappa shape index (κ2) is 7.51. The van der Waals surface area contributed by atoms with Crippen molar-refractivity contribution in [3.8, 4) is 11.4 Å². The molecule has 2 N–H and O–H groups in total. The summed E-state index contributed by atoms with van der Waals surface area (Å²) in [5, 5.41) is 9.99. The maximum absolute atomic E-state index is 12.7. The van der Waals surface area contributed by atoms with Crippen LogP contribution in [0.5, 0.6) is 0 Å². The lowest BCUT2D eigenvalue weighted by Gasteiger charge is -2.31. The summed E-state index contributed by atoms with van der Waals surface area (Å²) in [5.74, 6) is 0.916. The number of carbonyl (C=O) groups is 2. The van der Waals surface area contributed by atoms with Gasteiger partial charge in [0.2, 0.25) is 11.8 Å². The minimum absolute atomic E-state index is 0.0713. The zero-order valence-electron chi connectivity index (χ0n) is 15.1. The van der Waals surface area contributed by atoms with Gasteiger partial charge < -0.3 is 10.2 Å². The highest BCUT2D eigenvalue weighted by Gasteiger charge is 2.27. The number of aryl methyl sites for hydroxylation is 2. The van der Waals surface area contributed by atoms with Gasteiger partial charge in [0.1, 0.15) is 5.82 Å². The number of aromatic amines is 1. The third-order valence-corrected chi connectivity index (χ3v) is 4.63. The molecule has 1 saturated heterocycles. The van der Waals surface area contributed by atoms with E-state index in [2.05, 4.69) is 27.1 Å².